The molecule has 0 fully saturated rings. The monoisotopic (exact) mass is 301 g/mol. The molecule has 4 nitrogen and oxygen atoms in total. The SMILES string of the molecule is O=C(Nc1ccccc1C(F)(F)F)c1cnc(Cl)cn1. The molecule has 1 heterocycles. The van der Waals surface area contributed by atoms with Crippen molar-refractivity contribution in [1.82, 2.24) is 9.97 Å². The number of carbonyl (C=O) groups excluding carboxylic acids is 1. The number of hydrogen-bond donors (Lipinski definition) is 1. The van der Waals surface area contributed by atoms with E-state index in [9.17, 15) is 18.0 Å². The van der Waals surface area contributed by atoms with Crippen LogP contribution >= 0.6 is 11.6 Å². The lowest BCUT2D eigenvalue weighted by molar-refractivity contribution is -0.136. The Morgan fingerprint density at radius 2 is 1.85 bits per heavy atom. The smallest absolute Gasteiger partial charge is 0.320 e. The number of benzene rings is 1. The predicted octanol–water partition coefficient (Wildman–Crippen LogP) is 3.40. The Morgan fingerprint density at radius 1 is 1.15 bits per heavy atom. The second-order valence-electron chi connectivity index (χ2n) is 3.72. The second-order valence-corrected chi connectivity index (χ2v) is 4.11. The largest absolute Gasteiger partial charge is 0.418 e. The summed E-state index contributed by atoms with van der Waals surface area (Å²) in [5.74, 6) is -0.800. The standard InChI is InChI=1S/C12H7ClF3N3O/c13-10-6-17-9(5-18-10)11(20)19-8-4-2-1-3-7(8)12(14,15)16/h1-6H,(H,19,20). The third-order valence-electron chi connectivity index (χ3n) is 2.33. The molecule has 2 aromatic rings. The molecular weight excluding hydrogens is 295 g/mol. The van der Waals surface area contributed by atoms with Gasteiger partial charge in [0.2, 0.25) is 0 Å². The minimum absolute atomic E-state index is 0.0808. The molecular formula is C12H7ClF3N3O. The van der Waals surface area contributed by atoms with Crippen molar-refractivity contribution in [3.63, 3.8) is 0 Å². The van der Waals surface area contributed by atoms with E-state index in [0.717, 1.165) is 24.5 Å². The van der Waals surface area contributed by atoms with Crippen LogP contribution in [0.1, 0.15) is 16.1 Å². The van der Waals surface area contributed by atoms with E-state index in [4.69, 9.17) is 11.6 Å². The fraction of sp³-hybridized carbons (Fsp3) is 0.0833. The van der Waals surface area contributed by atoms with Gasteiger partial charge in [-0.15, -0.1) is 0 Å². The normalized spacial score (nSPS) is 11.2. The molecule has 0 radical (unpaired) electrons. The molecule has 1 aromatic carbocycles. The van der Waals surface area contributed by atoms with Crippen LogP contribution in [0.4, 0.5) is 18.9 Å². The Morgan fingerprint density at radius 3 is 2.45 bits per heavy atom. The zero-order chi connectivity index (χ0) is 14.8. The highest BCUT2D eigenvalue weighted by Gasteiger charge is 2.33. The molecule has 2 rings (SSSR count). The van der Waals surface area contributed by atoms with Crippen LogP contribution in [0.25, 0.3) is 0 Å². The van der Waals surface area contributed by atoms with E-state index in [-0.39, 0.29) is 16.5 Å². The number of carbonyl (C=O) groups is 1. The van der Waals surface area contributed by atoms with E-state index in [1.165, 1.54) is 12.1 Å². The average Bonchev–Trinajstić information content (AvgIpc) is 2.38. The van der Waals surface area contributed by atoms with Crippen LogP contribution in [0.2, 0.25) is 5.15 Å². The molecule has 0 aliphatic carbocycles. The molecule has 1 aromatic heterocycles. The van der Waals surface area contributed by atoms with Gasteiger partial charge in [-0.3, -0.25) is 4.79 Å². The van der Waals surface area contributed by atoms with Crippen molar-refractivity contribution in [3.05, 3.63) is 53.1 Å². The Bertz CT molecular complexity index is 629. The summed E-state index contributed by atoms with van der Waals surface area (Å²) < 4.78 is 38.3. The molecule has 0 bridgehead atoms. The lowest BCUT2D eigenvalue weighted by atomic mass is 10.1. The first-order valence-corrected chi connectivity index (χ1v) is 5.71. The molecule has 104 valence electrons. The van der Waals surface area contributed by atoms with E-state index >= 15 is 0 Å². The third-order valence-corrected chi connectivity index (χ3v) is 2.53. The highest BCUT2D eigenvalue weighted by Crippen LogP contribution is 2.34. The van der Waals surface area contributed by atoms with Crippen molar-refractivity contribution in [2.75, 3.05) is 5.32 Å². The molecule has 0 atom stereocenters. The second kappa shape index (κ2) is 5.46. The van der Waals surface area contributed by atoms with Crippen molar-refractivity contribution >= 4 is 23.2 Å². The Hall–Kier alpha value is -2.15. The first-order valence-electron chi connectivity index (χ1n) is 5.33. The van der Waals surface area contributed by atoms with Crippen LogP contribution in [0.15, 0.2) is 36.7 Å². The van der Waals surface area contributed by atoms with Crippen molar-refractivity contribution in [3.8, 4) is 0 Å². The van der Waals surface area contributed by atoms with Gasteiger partial charge in [-0.05, 0) is 12.1 Å². The van der Waals surface area contributed by atoms with Gasteiger partial charge < -0.3 is 5.32 Å². The number of aromatic nitrogens is 2. The fourth-order valence-corrected chi connectivity index (χ4v) is 1.55. The molecule has 0 aliphatic heterocycles. The number of nitrogens with zero attached hydrogens (tertiary/aromatic N) is 2. The quantitative estimate of drug-likeness (QED) is 0.925. The van der Waals surface area contributed by atoms with E-state index in [1.54, 1.807) is 0 Å². The summed E-state index contributed by atoms with van der Waals surface area (Å²) in [6.07, 6.45) is -2.35. The highest BCUT2D eigenvalue weighted by molar-refractivity contribution is 6.29. The van der Waals surface area contributed by atoms with E-state index < -0.39 is 17.6 Å². The van der Waals surface area contributed by atoms with Gasteiger partial charge in [0.25, 0.3) is 5.91 Å². The summed E-state index contributed by atoms with van der Waals surface area (Å²) >= 11 is 5.51. The molecule has 8 heteroatoms. The van der Waals surface area contributed by atoms with Crippen LogP contribution < -0.4 is 5.32 Å². The van der Waals surface area contributed by atoms with Crippen LogP contribution in [-0.2, 0) is 6.18 Å². The van der Waals surface area contributed by atoms with Gasteiger partial charge in [0, 0.05) is 0 Å². The van der Waals surface area contributed by atoms with Gasteiger partial charge in [-0.25, -0.2) is 9.97 Å². The number of nitrogens with one attached hydrogen (secondary N) is 1. The summed E-state index contributed by atoms with van der Waals surface area (Å²) in [5, 5.41) is 2.23. The van der Waals surface area contributed by atoms with Crippen LogP contribution in [0.5, 0.6) is 0 Å². The van der Waals surface area contributed by atoms with Gasteiger partial charge in [0.1, 0.15) is 10.8 Å². The van der Waals surface area contributed by atoms with Gasteiger partial charge in [-0.1, -0.05) is 23.7 Å². The van der Waals surface area contributed by atoms with E-state index in [1.807, 2.05) is 0 Å². The topological polar surface area (TPSA) is 54.9 Å². The van der Waals surface area contributed by atoms with Crippen LogP contribution in [0, 0.1) is 0 Å². The summed E-state index contributed by atoms with van der Waals surface area (Å²) in [6, 6.07) is 4.66. The van der Waals surface area contributed by atoms with Gasteiger partial charge >= 0.3 is 6.18 Å². The maximum absolute atomic E-state index is 12.8. The van der Waals surface area contributed by atoms with Crippen molar-refractivity contribution in [2.45, 2.75) is 6.18 Å². The van der Waals surface area contributed by atoms with Crippen molar-refractivity contribution in [2.24, 2.45) is 0 Å². The molecule has 1 amide bonds. The van der Waals surface area contributed by atoms with Gasteiger partial charge in [-0.2, -0.15) is 13.2 Å². The molecule has 0 spiro atoms. The van der Waals surface area contributed by atoms with Crippen LogP contribution in [-0.4, -0.2) is 15.9 Å². The third kappa shape index (κ3) is 3.24. The molecule has 0 unspecified atom stereocenters. The van der Waals surface area contributed by atoms with Gasteiger partial charge in [0.05, 0.1) is 23.6 Å². The van der Waals surface area contributed by atoms with E-state index in [0.29, 0.717) is 0 Å². The Balaban J connectivity index is 2.26. The van der Waals surface area contributed by atoms with Crippen LogP contribution in [0.3, 0.4) is 0 Å². The lowest BCUT2D eigenvalue weighted by Gasteiger charge is -2.13. The number of halogens is 4. The molecule has 0 saturated carbocycles. The number of para-hydroxylation sites is 1. The number of alkyl halides is 3. The first kappa shape index (κ1) is 14.3. The zero-order valence-electron chi connectivity index (χ0n) is 9.78. The fourth-order valence-electron chi connectivity index (χ4n) is 1.46. The predicted molar refractivity (Wildman–Crippen MR) is 66.4 cm³/mol. The summed E-state index contributed by atoms with van der Waals surface area (Å²) in [6.45, 7) is 0. The summed E-state index contributed by atoms with van der Waals surface area (Å²) in [7, 11) is 0. The molecule has 20 heavy (non-hydrogen) atoms. The Labute approximate surface area is 116 Å². The highest BCUT2D eigenvalue weighted by atomic mass is 35.5. The Kier molecular flexibility index (Phi) is 3.89. The first-order chi connectivity index (χ1) is 9.38. The number of amides is 1. The number of anilines is 1. The van der Waals surface area contributed by atoms with Gasteiger partial charge in [0.15, 0.2) is 0 Å². The molecule has 0 saturated heterocycles. The minimum Gasteiger partial charge on any atom is -0.320 e. The van der Waals surface area contributed by atoms with E-state index in [2.05, 4.69) is 15.3 Å². The molecule has 1 N–H and O–H groups in total. The minimum atomic E-state index is -4.56. The maximum atomic E-state index is 12.8. The zero-order valence-corrected chi connectivity index (χ0v) is 10.5. The van der Waals surface area contributed by atoms with Crippen molar-refractivity contribution in [1.29, 1.82) is 0 Å². The van der Waals surface area contributed by atoms with Crippen molar-refractivity contribution < 1.29 is 18.0 Å². The number of hydrogen-bond acceptors (Lipinski definition) is 3. The average molecular weight is 302 g/mol. The number of rotatable bonds is 2. The summed E-state index contributed by atoms with van der Waals surface area (Å²) in [4.78, 5) is 19.1. The molecule has 0 aliphatic rings. The maximum Gasteiger partial charge on any atom is 0.418 e. The summed E-state index contributed by atoms with van der Waals surface area (Å²) in [5.41, 5.74) is -1.41. The lowest BCUT2D eigenvalue weighted by Crippen LogP contribution is -2.17.